The minimum Gasteiger partial charge on any atom is -0.462 e. The van der Waals surface area contributed by atoms with E-state index in [-0.39, 0.29) is 6.61 Å². The molecule has 0 saturated heterocycles. The van der Waals surface area contributed by atoms with Crippen molar-refractivity contribution in [3.05, 3.63) is 11.9 Å². The summed E-state index contributed by atoms with van der Waals surface area (Å²) in [6, 6.07) is 0. The van der Waals surface area contributed by atoms with Crippen LogP contribution in [0.5, 0.6) is 0 Å². The Hall–Kier alpha value is -1.05. The molecule has 5 nitrogen and oxygen atoms in total. The number of alkyl halides is 3. The van der Waals surface area contributed by atoms with Crippen LogP contribution in [0.3, 0.4) is 0 Å². The van der Waals surface area contributed by atoms with E-state index in [2.05, 4.69) is 31.0 Å². The van der Waals surface area contributed by atoms with Gasteiger partial charge in [-0.1, -0.05) is 21.1 Å². The number of halogens is 3. The summed E-state index contributed by atoms with van der Waals surface area (Å²) in [4.78, 5) is 11.0. The van der Waals surface area contributed by atoms with Gasteiger partial charge in [0.2, 0.25) is 0 Å². The van der Waals surface area contributed by atoms with Gasteiger partial charge in [0.1, 0.15) is 6.54 Å². The van der Waals surface area contributed by atoms with E-state index in [1.165, 1.54) is 13.1 Å². The minimum absolute atomic E-state index is 0.0827. The normalized spacial score (nSPS) is 11.5. The summed E-state index contributed by atoms with van der Waals surface area (Å²) in [5.41, 5.74) is 0.585. The van der Waals surface area contributed by atoms with Gasteiger partial charge in [0.15, 0.2) is 0 Å². The highest BCUT2D eigenvalue weighted by molar-refractivity contribution is 9.09. The number of rotatable bonds is 6. The molecule has 0 radical (unpaired) electrons. The zero-order chi connectivity index (χ0) is 12.9. The number of esters is 1. The highest BCUT2D eigenvalue weighted by Gasteiger charge is 2.41. The molecule has 0 aromatic carbocycles. The van der Waals surface area contributed by atoms with Crippen molar-refractivity contribution in [3.63, 3.8) is 0 Å². The van der Waals surface area contributed by atoms with Gasteiger partial charge in [-0.25, -0.2) is 9.48 Å². The molecule has 96 valence electrons. The first-order valence-electron chi connectivity index (χ1n) is 4.99. The van der Waals surface area contributed by atoms with Crippen LogP contribution in [-0.2, 0) is 22.5 Å². The highest BCUT2D eigenvalue weighted by Crippen LogP contribution is 2.18. The van der Waals surface area contributed by atoms with Crippen LogP contribution < -0.4 is 0 Å². The van der Waals surface area contributed by atoms with Gasteiger partial charge in [0.25, 0.3) is 0 Å². The van der Waals surface area contributed by atoms with Crippen LogP contribution in [0.4, 0.5) is 8.78 Å². The van der Waals surface area contributed by atoms with Crippen LogP contribution in [0.2, 0.25) is 0 Å². The monoisotopic (exact) mass is 311 g/mol. The van der Waals surface area contributed by atoms with Gasteiger partial charge < -0.3 is 4.74 Å². The first-order chi connectivity index (χ1) is 7.99. The summed E-state index contributed by atoms with van der Waals surface area (Å²) in [5.74, 6) is -5.13. The smallest absolute Gasteiger partial charge is 0.379 e. The molecule has 17 heavy (non-hydrogen) atoms. The van der Waals surface area contributed by atoms with E-state index in [1.54, 1.807) is 0 Å². The third kappa shape index (κ3) is 4.03. The molecule has 1 rings (SSSR count). The first kappa shape index (κ1) is 14.0. The van der Waals surface area contributed by atoms with Crippen molar-refractivity contribution in [1.29, 1.82) is 0 Å². The molecular weight excluding hydrogens is 300 g/mol. The molecule has 0 spiro atoms. The average Bonchev–Trinajstić information content (AvgIpc) is 2.66. The molecule has 1 heterocycles. The molecule has 0 aliphatic rings. The van der Waals surface area contributed by atoms with Crippen molar-refractivity contribution >= 4 is 21.9 Å². The van der Waals surface area contributed by atoms with Gasteiger partial charge in [-0.3, -0.25) is 0 Å². The van der Waals surface area contributed by atoms with E-state index >= 15 is 0 Å². The molecular formula is C9H12BrF2N3O2. The van der Waals surface area contributed by atoms with Crippen molar-refractivity contribution in [2.45, 2.75) is 25.8 Å². The second-order valence-corrected chi connectivity index (χ2v) is 4.06. The summed E-state index contributed by atoms with van der Waals surface area (Å²) in [6.07, 6.45) is 1.97. The number of aryl methyl sites for hydroxylation is 1. The Morgan fingerprint density at radius 1 is 1.65 bits per heavy atom. The quantitative estimate of drug-likeness (QED) is 0.589. The van der Waals surface area contributed by atoms with Gasteiger partial charge in [-0.05, 0) is 6.92 Å². The highest BCUT2D eigenvalue weighted by atomic mass is 79.9. The number of ether oxygens (including phenoxy) is 1. The molecule has 0 bridgehead atoms. The van der Waals surface area contributed by atoms with Crippen molar-refractivity contribution in [1.82, 2.24) is 15.0 Å². The summed E-state index contributed by atoms with van der Waals surface area (Å²) in [7, 11) is 0. The fraction of sp³-hybridized carbons (Fsp3) is 0.667. The molecule has 0 saturated carbocycles. The van der Waals surface area contributed by atoms with E-state index in [0.29, 0.717) is 17.4 Å². The van der Waals surface area contributed by atoms with Crippen LogP contribution in [0.25, 0.3) is 0 Å². The molecule has 8 heteroatoms. The Morgan fingerprint density at radius 3 is 2.94 bits per heavy atom. The Morgan fingerprint density at radius 2 is 2.35 bits per heavy atom. The van der Waals surface area contributed by atoms with Gasteiger partial charge >= 0.3 is 11.9 Å². The van der Waals surface area contributed by atoms with Crippen LogP contribution in [0.15, 0.2) is 6.20 Å². The fourth-order valence-electron chi connectivity index (χ4n) is 1.13. The predicted octanol–water partition coefficient (Wildman–Crippen LogP) is 1.41. The minimum atomic E-state index is -3.59. The number of hydrogen-bond donors (Lipinski definition) is 0. The Bertz CT molecular complexity index is 384. The maximum Gasteiger partial charge on any atom is 0.379 e. The van der Waals surface area contributed by atoms with Gasteiger partial charge in [-0.2, -0.15) is 8.78 Å². The van der Waals surface area contributed by atoms with E-state index in [0.717, 1.165) is 4.68 Å². The van der Waals surface area contributed by atoms with Crippen LogP contribution in [-0.4, -0.2) is 38.8 Å². The van der Waals surface area contributed by atoms with Crippen LogP contribution >= 0.6 is 15.9 Å². The largest absolute Gasteiger partial charge is 0.462 e. The summed E-state index contributed by atoms with van der Waals surface area (Å²) < 4.78 is 31.8. The molecule has 0 atom stereocenters. The Balaban J connectivity index is 2.65. The van der Waals surface area contributed by atoms with E-state index < -0.39 is 18.4 Å². The average molecular weight is 312 g/mol. The van der Waals surface area contributed by atoms with Crippen molar-refractivity contribution in [2.24, 2.45) is 0 Å². The lowest BCUT2D eigenvalue weighted by atomic mass is 10.3. The number of carbonyl (C=O) groups excluding carboxylic acids is 1. The SMILES string of the molecule is CCOC(=O)C(F)(F)Cn1cc(CCBr)nn1. The summed E-state index contributed by atoms with van der Waals surface area (Å²) in [6.45, 7) is 0.527. The third-order valence-electron chi connectivity index (χ3n) is 1.87. The number of aromatic nitrogens is 3. The van der Waals surface area contributed by atoms with Crippen molar-refractivity contribution in [2.75, 3.05) is 11.9 Å². The van der Waals surface area contributed by atoms with Gasteiger partial charge in [-0.15, -0.1) is 5.10 Å². The fourth-order valence-corrected chi connectivity index (χ4v) is 1.54. The topological polar surface area (TPSA) is 57.0 Å². The van der Waals surface area contributed by atoms with E-state index in [9.17, 15) is 13.6 Å². The van der Waals surface area contributed by atoms with Gasteiger partial charge in [0.05, 0.1) is 12.3 Å². The third-order valence-corrected chi connectivity index (χ3v) is 2.27. The maximum absolute atomic E-state index is 13.3. The molecule has 0 fully saturated rings. The molecule has 0 N–H and O–H groups in total. The molecule has 0 amide bonds. The number of hydrogen-bond acceptors (Lipinski definition) is 4. The molecule has 0 unspecified atom stereocenters. The zero-order valence-electron chi connectivity index (χ0n) is 9.20. The van der Waals surface area contributed by atoms with E-state index in [1.807, 2.05) is 0 Å². The standard InChI is InChI=1S/C9H12BrF2N3O2/c1-2-17-8(16)9(11,12)6-15-5-7(3-4-10)13-14-15/h5H,2-4,6H2,1H3. The molecule has 0 aliphatic carbocycles. The predicted molar refractivity (Wildman–Crippen MR) is 59.1 cm³/mol. The zero-order valence-corrected chi connectivity index (χ0v) is 10.8. The molecule has 0 aliphatic heterocycles. The first-order valence-corrected chi connectivity index (χ1v) is 6.11. The van der Waals surface area contributed by atoms with Crippen molar-refractivity contribution < 1.29 is 18.3 Å². The second kappa shape index (κ2) is 6.04. The summed E-state index contributed by atoms with van der Waals surface area (Å²) >= 11 is 3.20. The molecule has 1 aromatic rings. The van der Waals surface area contributed by atoms with E-state index in [4.69, 9.17) is 0 Å². The lowest BCUT2D eigenvalue weighted by Gasteiger charge is -2.13. The summed E-state index contributed by atoms with van der Waals surface area (Å²) in [5, 5.41) is 7.88. The van der Waals surface area contributed by atoms with Crippen molar-refractivity contribution in [3.8, 4) is 0 Å². The number of nitrogens with zero attached hydrogens (tertiary/aromatic N) is 3. The second-order valence-electron chi connectivity index (χ2n) is 3.27. The lowest BCUT2D eigenvalue weighted by molar-refractivity contribution is -0.173. The number of carbonyl (C=O) groups is 1. The Labute approximate surface area is 105 Å². The lowest BCUT2D eigenvalue weighted by Crippen LogP contribution is -2.35. The molecule has 1 aromatic heterocycles. The maximum atomic E-state index is 13.3. The Kier molecular flexibility index (Phi) is 4.98. The van der Waals surface area contributed by atoms with Gasteiger partial charge in [0, 0.05) is 17.9 Å². The van der Waals surface area contributed by atoms with Crippen LogP contribution in [0.1, 0.15) is 12.6 Å². The van der Waals surface area contributed by atoms with Crippen LogP contribution in [0, 0.1) is 0 Å².